The zero-order valence-electron chi connectivity index (χ0n) is 11.0. The van der Waals surface area contributed by atoms with Crippen LogP contribution in [-0.2, 0) is 4.74 Å². The molecule has 0 bridgehead atoms. The Morgan fingerprint density at radius 2 is 2.10 bits per heavy atom. The molecule has 6 heteroatoms. The van der Waals surface area contributed by atoms with E-state index in [9.17, 15) is 5.11 Å². The van der Waals surface area contributed by atoms with Gasteiger partial charge in [-0.15, -0.1) is 0 Å². The van der Waals surface area contributed by atoms with Crippen molar-refractivity contribution < 1.29 is 9.84 Å². The molecule has 2 aromatic rings. The number of fused-ring (bicyclic) bond motifs is 1. The maximum atomic E-state index is 10.5. The highest BCUT2D eigenvalue weighted by Gasteiger charge is 2.29. The van der Waals surface area contributed by atoms with Gasteiger partial charge in [-0.2, -0.15) is 0 Å². The minimum atomic E-state index is -0.721. The molecule has 1 aromatic carbocycles. The van der Waals surface area contributed by atoms with Crippen LogP contribution in [0, 0.1) is 0 Å². The van der Waals surface area contributed by atoms with Crippen molar-refractivity contribution in [3.8, 4) is 0 Å². The quantitative estimate of drug-likeness (QED) is 0.899. The number of rotatable bonds is 3. The van der Waals surface area contributed by atoms with Crippen molar-refractivity contribution in [2.24, 2.45) is 0 Å². The summed E-state index contributed by atoms with van der Waals surface area (Å²) in [6.45, 7) is 1.68. The summed E-state index contributed by atoms with van der Waals surface area (Å²) in [5.41, 5.74) is 0.159. The van der Waals surface area contributed by atoms with Crippen molar-refractivity contribution in [3.05, 3.63) is 29.0 Å². The third-order valence-corrected chi connectivity index (χ3v) is 4.10. The number of hydrogen-bond donors (Lipinski definition) is 2. The summed E-state index contributed by atoms with van der Waals surface area (Å²) < 4.78 is 6.26. The monoisotopic (exact) mass is 337 g/mol. The van der Waals surface area contributed by atoms with E-state index in [1.165, 1.54) is 6.33 Å². The largest absolute Gasteiger partial charge is 0.388 e. The lowest BCUT2D eigenvalue weighted by Crippen LogP contribution is -2.42. The molecule has 0 radical (unpaired) electrons. The number of nitrogens with one attached hydrogen (secondary N) is 1. The first kappa shape index (κ1) is 13.7. The van der Waals surface area contributed by atoms with Crippen molar-refractivity contribution in [2.45, 2.75) is 18.4 Å². The second kappa shape index (κ2) is 5.63. The van der Waals surface area contributed by atoms with Crippen LogP contribution < -0.4 is 5.32 Å². The van der Waals surface area contributed by atoms with Crippen LogP contribution in [0.1, 0.15) is 12.8 Å². The van der Waals surface area contributed by atoms with Gasteiger partial charge in [-0.05, 0) is 18.2 Å². The Kier molecular flexibility index (Phi) is 3.87. The molecule has 1 aromatic heterocycles. The Morgan fingerprint density at radius 3 is 2.90 bits per heavy atom. The summed E-state index contributed by atoms with van der Waals surface area (Å²) >= 11 is 3.46. The van der Waals surface area contributed by atoms with E-state index in [0.29, 0.717) is 32.6 Å². The van der Waals surface area contributed by atoms with Crippen LogP contribution in [0.2, 0.25) is 0 Å². The SMILES string of the molecule is OC1(CNc2ncnc3ccc(Br)cc23)CCOCC1. The Hall–Kier alpha value is -1.24. The molecule has 0 amide bonds. The van der Waals surface area contributed by atoms with E-state index in [2.05, 4.69) is 31.2 Å². The number of aliphatic hydroxyl groups is 1. The van der Waals surface area contributed by atoms with Crippen molar-refractivity contribution in [1.29, 1.82) is 0 Å². The number of anilines is 1. The second-order valence-electron chi connectivity index (χ2n) is 5.07. The van der Waals surface area contributed by atoms with Crippen LogP contribution in [0.5, 0.6) is 0 Å². The number of benzene rings is 1. The molecule has 106 valence electrons. The van der Waals surface area contributed by atoms with Gasteiger partial charge in [0.1, 0.15) is 12.1 Å². The number of aromatic nitrogens is 2. The molecule has 0 unspecified atom stereocenters. The number of hydrogen-bond acceptors (Lipinski definition) is 5. The van der Waals surface area contributed by atoms with E-state index in [4.69, 9.17) is 4.74 Å². The van der Waals surface area contributed by atoms with E-state index in [-0.39, 0.29) is 0 Å². The smallest absolute Gasteiger partial charge is 0.137 e. The summed E-state index contributed by atoms with van der Waals surface area (Å²) in [5.74, 6) is 0.746. The summed E-state index contributed by atoms with van der Waals surface area (Å²) in [6.07, 6.45) is 2.83. The normalized spacial score (nSPS) is 18.1. The van der Waals surface area contributed by atoms with E-state index >= 15 is 0 Å². The second-order valence-corrected chi connectivity index (χ2v) is 5.99. The van der Waals surface area contributed by atoms with Crippen molar-refractivity contribution in [3.63, 3.8) is 0 Å². The molecular weight excluding hydrogens is 322 g/mol. The van der Waals surface area contributed by atoms with Crippen LogP contribution in [0.4, 0.5) is 5.82 Å². The summed E-state index contributed by atoms with van der Waals surface area (Å²) in [4.78, 5) is 8.52. The van der Waals surface area contributed by atoms with Crippen LogP contribution >= 0.6 is 15.9 Å². The minimum absolute atomic E-state index is 0.467. The first-order chi connectivity index (χ1) is 9.66. The molecule has 1 fully saturated rings. The number of nitrogens with zero attached hydrogens (tertiary/aromatic N) is 2. The Morgan fingerprint density at radius 1 is 1.30 bits per heavy atom. The molecule has 1 aliphatic rings. The van der Waals surface area contributed by atoms with E-state index in [1.54, 1.807) is 0 Å². The molecule has 0 atom stereocenters. The van der Waals surface area contributed by atoms with Gasteiger partial charge in [-0.25, -0.2) is 9.97 Å². The minimum Gasteiger partial charge on any atom is -0.388 e. The zero-order valence-corrected chi connectivity index (χ0v) is 12.6. The third-order valence-electron chi connectivity index (χ3n) is 3.61. The fraction of sp³-hybridized carbons (Fsp3) is 0.429. The molecule has 1 saturated heterocycles. The lowest BCUT2D eigenvalue weighted by Gasteiger charge is -2.32. The van der Waals surface area contributed by atoms with E-state index in [0.717, 1.165) is 21.2 Å². The third kappa shape index (κ3) is 2.92. The molecule has 0 aliphatic carbocycles. The highest BCUT2D eigenvalue weighted by molar-refractivity contribution is 9.10. The molecule has 20 heavy (non-hydrogen) atoms. The van der Waals surface area contributed by atoms with Crippen LogP contribution in [0.3, 0.4) is 0 Å². The van der Waals surface area contributed by atoms with Gasteiger partial charge in [0.25, 0.3) is 0 Å². The zero-order chi connectivity index (χ0) is 14.0. The highest BCUT2D eigenvalue weighted by Crippen LogP contribution is 2.25. The van der Waals surface area contributed by atoms with Crippen molar-refractivity contribution in [1.82, 2.24) is 9.97 Å². The van der Waals surface area contributed by atoms with Crippen LogP contribution in [0.15, 0.2) is 29.0 Å². The molecule has 0 saturated carbocycles. The molecular formula is C14H16BrN3O2. The molecule has 1 aliphatic heterocycles. The summed E-state index contributed by atoms with van der Waals surface area (Å²) in [5, 5.41) is 14.7. The fourth-order valence-electron chi connectivity index (χ4n) is 2.35. The molecule has 2 N–H and O–H groups in total. The lowest BCUT2D eigenvalue weighted by atomic mass is 9.94. The van der Waals surface area contributed by atoms with Gasteiger partial charge < -0.3 is 15.2 Å². The maximum absolute atomic E-state index is 10.5. The number of ether oxygens (including phenoxy) is 1. The van der Waals surface area contributed by atoms with E-state index in [1.807, 2.05) is 18.2 Å². The average Bonchev–Trinajstić information content (AvgIpc) is 2.46. The van der Waals surface area contributed by atoms with E-state index < -0.39 is 5.60 Å². The standard InChI is InChI=1S/C14H16BrN3O2/c15-10-1-2-12-11(7-10)13(18-9-17-12)16-8-14(19)3-5-20-6-4-14/h1-2,7,9,19H,3-6,8H2,(H,16,17,18). The van der Waals surface area contributed by atoms with Gasteiger partial charge in [0.15, 0.2) is 0 Å². The average molecular weight is 338 g/mol. The van der Waals surface area contributed by atoms with Gasteiger partial charge in [0, 0.05) is 42.5 Å². The van der Waals surface area contributed by atoms with Crippen LogP contribution in [0.25, 0.3) is 10.9 Å². The Bertz CT molecular complexity index is 614. The topological polar surface area (TPSA) is 67.3 Å². The van der Waals surface area contributed by atoms with Crippen molar-refractivity contribution >= 4 is 32.7 Å². The highest BCUT2D eigenvalue weighted by atomic mass is 79.9. The number of halogens is 1. The van der Waals surface area contributed by atoms with Gasteiger partial charge in [0.2, 0.25) is 0 Å². The maximum Gasteiger partial charge on any atom is 0.137 e. The van der Waals surface area contributed by atoms with Crippen molar-refractivity contribution in [2.75, 3.05) is 25.1 Å². The van der Waals surface area contributed by atoms with Gasteiger partial charge >= 0.3 is 0 Å². The molecule has 5 nitrogen and oxygen atoms in total. The Labute approximate surface area is 125 Å². The molecule has 3 rings (SSSR count). The summed E-state index contributed by atoms with van der Waals surface area (Å²) in [6, 6.07) is 5.87. The predicted octanol–water partition coefficient (Wildman–Crippen LogP) is 2.35. The molecule has 0 spiro atoms. The fourth-order valence-corrected chi connectivity index (χ4v) is 2.71. The first-order valence-corrected chi connectivity index (χ1v) is 7.40. The lowest BCUT2D eigenvalue weighted by molar-refractivity contribution is -0.0543. The first-order valence-electron chi connectivity index (χ1n) is 6.61. The summed E-state index contributed by atoms with van der Waals surface area (Å²) in [7, 11) is 0. The predicted molar refractivity (Wildman–Crippen MR) is 80.7 cm³/mol. The van der Waals surface area contributed by atoms with Gasteiger partial charge in [-0.3, -0.25) is 0 Å². The van der Waals surface area contributed by atoms with Gasteiger partial charge in [-0.1, -0.05) is 15.9 Å². The van der Waals surface area contributed by atoms with Crippen LogP contribution in [-0.4, -0.2) is 40.4 Å². The molecule has 2 heterocycles. The Balaban J connectivity index is 1.82. The van der Waals surface area contributed by atoms with Gasteiger partial charge in [0.05, 0.1) is 11.1 Å².